The number of likely N-dealkylation sites (tertiary alicyclic amines) is 2. The maximum absolute atomic E-state index is 12.5. The van der Waals surface area contributed by atoms with Gasteiger partial charge in [-0.05, 0) is 58.2 Å². The van der Waals surface area contributed by atoms with Crippen LogP contribution in [0.3, 0.4) is 0 Å². The highest BCUT2D eigenvalue weighted by Gasteiger charge is 2.34. The zero-order chi connectivity index (χ0) is 19.0. The molecule has 5 nitrogen and oxygen atoms in total. The molecule has 152 valence electrons. The van der Waals surface area contributed by atoms with E-state index in [-0.39, 0.29) is 6.04 Å². The second-order valence-corrected chi connectivity index (χ2v) is 7.48. The number of rotatable bonds is 7. The van der Waals surface area contributed by atoms with Gasteiger partial charge < -0.3 is 15.5 Å². The highest BCUT2D eigenvalue weighted by Crippen LogP contribution is 2.20. The quantitative estimate of drug-likeness (QED) is 0.528. The van der Waals surface area contributed by atoms with Gasteiger partial charge in [-0.2, -0.15) is 13.2 Å². The summed E-state index contributed by atoms with van der Waals surface area (Å²) >= 11 is 0. The Morgan fingerprint density at radius 1 is 1.08 bits per heavy atom. The highest BCUT2D eigenvalue weighted by atomic mass is 19.4. The smallest absolute Gasteiger partial charge is 0.357 e. The van der Waals surface area contributed by atoms with Gasteiger partial charge in [-0.15, -0.1) is 0 Å². The number of aliphatic imine (C=N–C) groups is 1. The Kier molecular flexibility index (Phi) is 8.47. The fourth-order valence-electron chi connectivity index (χ4n) is 3.79. The molecule has 0 saturated carbocycles. The van der Waals surface area contributed by atoms with Crippen LogP contribution in [0.2, 0.25) is 0 Å². The summed E-state index contributed by atoms with van der Waals surface area (Å²) in [6.45, 7) is 9.29. The van der Waals surface area contributed by atoms with Crippen molar-refractivity contribution >= 4 is 5.96 Å². The second kappa shape index (κ2) is 10.3. The first-order chi connectivity index (χ1) is 12.4. The number of nitrogens with one attached hydrogen (secondary N) is 2. The lowest BCUT2D eigenvalue weighted by Gasteiger charge is -2.31. The van der Waals surface area contributed by atoms with Crippen LogP contribution in [0.25, 0.3) is 0 Å². The topological polar surface area (TPSA) is 42.9 Å². The van der Waals surface area contributed by atoms with Crippen LogP contribution < -0.4 is 10.6 Å². The standard InChI is InChI=1S/C18H34F3N5/c1-3-8-25-9-5-15(6-10-25)12-23-17(22-4-2)24-16-7-11-26(13-16)14-18(19,20)21/h15-16H,3-14H2,1-2H3,(H2,22,23,24). The molecule has 2 N–H and O–H groups in total. The van der Waals surface area contributed by atoms with Gasteiger partial charge in [0.05, 0.1) is 6.54 Å². The number of nitrogens with zero attached hydrogens (tertiary/aromatic N) is 3. The average molecular weight is 377 g/mol. The third-order valence-electron chi connectivity index (χ3n) is 5.11. The minimum absolute atomic E-state index is 0.0292. The van der Waals surface area contributed by atoms with Crippen LogP contribution in [0, 0.1) is 5.92 Å². The molecule has 26 heavy (non-hydrogen) atoms. The number of alkyl halides is 3. The summed E-state index contributed by atoms with van der Waals surface area (Å²) in [4.78, 5) is 8.68. The molecular formula is C18H34F3N5. The number of guanidine groups is 1. The first kappa shape index (κ1) is 21.3. The summed E-state index contributed by atoms with van der Waals surface area (Å²) < 4.78 is 37.6. The lowest BCUT2D eigenvalue weighted by Crippen LogP contribution is -2.45. The largest absolute Gasteiger partial charge is 0.401 e. The van der Waals surface area contributed by atoms with E-state index in [9.17, 15) is 13.2 Å². The van der Waals surface area contributed by atoms with Crippen molar-refractivity contribution in [3.63, 3.8) is 0 Å². The first-order valence-electron chi connectivity index (χ1n) is 9.96. The second-order valence-electron chi connectivity index (χ2n) is 7.48. The van der Waals surface area contributed by atoms with E-state index >= 15 is 0 Å². The fraction of sp³-hybridized carbons (Fsp3) is 0.944. The van der Waals surface area contributed by atoms with Gasteiger partial charge in [0.25, 0.3) is 0 Å². The molecular weight excluding hydrogens is 343 g/mol. The summed E-state index contributed by atoms with van der Waals surface area (Å²) in [6.07, 6.45) is 0.136. The van der Waals surface area contributed by atoms with Crippen molar-refractivity contribution in [1.29, 1.82) is 0 Å². The van der Waals surface area contributed by atoms with E-state index in [1.54, 1.807) is 0 Å². The van der Waals surface area contributed by atoms with Crippen LogP contribution in [0.5, 0.6) is 0 Å². The molecule has 0 aromatic carbocycles. The molecule has 2 aliphatic heterocycles. The van der Waals surface area contributed by atoms with Crippen LogP contribution in [-0.4, -0.2) is 80.3 Å². The number of piperidine rings is 1. The number of hydrogen-bond donors (Lipinski definition) is 2. The number of hydrogen-bond acceptors (Lipinski definition) is 3. The zero-order valence-electron chi connectivity index (χ0n) is 16.1. The van der Waals surface area contributed by atoms with Crippen molar-refractivity contribution in [2.24, 2.45) is 10.9 Å². The van der Waals surface area contributed by atoms with Crippen LogP contribution in [-0.2, 0) is 0 Å². The molecule has 0 aromatic rings. The van der Waals surface area contributed by atoms with Crippen LogP contribution in [0.15, 0.2) is 4.99 Å². The van der Waals surface area contributed by atoms with E-state index in [0.29, 0.717) is 19.0 Å². The highest BCUT2D eigenvalue weighted by molar-refractivity contribution is 5.80. The van der Waals surface area contributed by atoms with E-state index in [0.717, 1.165) is 38.6 Å². The van der Waals surface area contributed by atoms with Crippen molar-refractivity contribution in [3.05, 3.63) is 0 Å². The molecule has 1 atom stereocenters. The molecule has 2 heterocycles. The van der Waals surface area contributed by atoms with E-state index < -0.39 is 12.7 Å². The summed E-state index contributed by atoms with van der Waals surface area (Å²) in [6, 6.07) is 0.0292. The van der Waals surface area contributed by atoms with Gasteiger partial charge in [0.15, 0.2) is 5.96 Å². The van der Waals surface area contributed by atoms with Crippen molar-refractivity contribution < 1.29 is 13.2 Å². The van der Waals surface area contributed by atoms with Gasteiger partial charge >= 0.3 is 6.18 Å². The Hall–Kier alpha value is -1.02. The van der Waals surface area contributed by atoms with Gasteiger partial charge in [0.2, 0.25) is 0 Å². The van der Waals surface area contributed by atoms with Crippen LogP contribution >= 0.6 is 0 Å². The minimum atomic E-state index is -4.12. The van der Waals surface area contributed by atoms with Crippen LogP contribution in [0.1, 0.15) is 39.5 Å². The monoisotopic (exact) mass is 377 g/mol. The van der Waals surface area contributed by atoms with E-state index in [1.165, 1.54) is 30.7 Å². The maximum atomic E-state index is 12.5. The van der Waals surface area contributed by atoms with Crippen molar-refractivity contribution in [1.82, 2.24) is 20.4 Å². The van der Waals surface area contributed by atoms with Gasteiger partial charge in [-0.1, -0.05) is 6.92 Å². The maximum Gasteiger partial charge on any atom is 0.401 e. The number of halogens is 3. The third-order valence-corrected chi connectivity index (χ3v) is 5.11. The van der Waals surface area contributed by atoms with E-state index in [4.69, 9.17) is 4.99 Å². The predicted octanol–water partition coefficient (Wildman–Crippen LogP) is 2.30. The first-order valence-corrected chi connectivity index (χ1v) is 9.96. The Morgan fingerprint density at radius 3 is 2.38 bits per heavy atom. The average Bonchev–Trinajstić information content (AvgIpc) is 2.99. The van der Waals surface area contributed by atoms with E-state index in [2.05, 4.69) is 22.5 Å². The molecule has 0 aliphatic carbocycles. The predicted molar refractivity (Wildman–Crippen MR) is 99.5 cm³/mol. The molecule has 0 bridgehead atoms. The summed E-state index contributed by atoms with van der Waals surface area (Å²) in [5, 5.41) is 6.55. The fourth-order valence-corrected chi connectivity index (χ4v) is 3.79. The molecule has 0 aromatic heterocycles. The Balaban J connectivity index is 1.77. The van der Waals surface area contributed by atoms with Crippen molar-refractivity contribution in [2.75, 3.05) is 52.4 Å². The zero-order valence-corrected chi connectivity index (χ0v) is 16.1. The van der Waals surface area contributed by atoms with Gasteiger partial charge in [0, 0.05) is 32.2 Å². The molecule has 0 amide bonds. The molecule has 0 radical (unpaired) electrons. The van der Waals surface area contributed by atoms with Gasteiger partial charge in [-0.3, -0.25) is 9.89 Å². The summed E-state index contributed by atoms with van der Waals surface area (Å²) in [5.74, 6) is 1.34. The van der Waals surface area contributed by atoms with Gasteiger partial charge in [-0.25, -0.2) is 0 Å². The molecule has 2 rings (SSSR count). The van der Waals surface area contributed by atoms with Crippen molar-refractivity contribution in [2.45, 2.75) is 51.7 Å². The minimum Gasteiger partial charge on any atom is -0.357 e. The summed E-state index contributed by atoms with van der Waals surface area (Å²) in [7, 11) is 0. The lowest BCUT2D eigenvalue weighted by atomic mass is 9.97. The molecule has 2 fully saturated rings. The Bertz CT molecular complexity index is 433. The molecule has 1 unspecified atom stereocenters. The third kappa shape index (κ3) is 7.70. The Labute approximate surface area is 155 Å². The molecule has 0 spiro atoms. The SMILES string of the molecule is CCCN1CCC(CN=C(NCC)NC2CCN(CC(F)(F)F)C2)CC1. The Morgan fingerprint density at radius 2 is 1.77 bits per heavy atom. The summed E-state index contributed by atoms with van der Waals surface area (Å²) in [5.41, 5.74) is 0. The van der Waals surface area contributed by atoms with Crippen LogP contribution in [0.4, 0.5) is 13.2 Å². The molecule has 2 aliphatic rings. The lowest BCUT2D eigenvalue weighted by molar-refractivity contribution is -0.143. The molecule has 8 heteroatoms. The molecule has 2 saturated heterocycles. The van der Waals surface area contributed by atoms with Crippen molar-refractivity contribution in [3.8, 4) is 0 Å². The van der Waals surface area contributed by atoms with Gasteiger partial charge in [0.1, 0.15) is 0 Å². The van der Waals surface area contributed by atoms with E-state index in [1.807, 2.05) is 6.92 Å². The normalized spacial score (nSPS) is 24.2.